The number of carbonyl (C=O) groups is 2. The van der Waals surface area contributed by atoms with Crippen molar-refractivity contribution in [2.24, 2.45) is 0 Å². The van der Waals surface area contributed by atoms with Gasteiger partial charge in [0.05, 0.1) is 0 Å². The van der Waals surface area contributed by atoms with E-state index >= 15 is 0 Å². The SMILES string of the molecule is CCN(CC)c1ccc(NC(=O)C(=O)NCc2cccnc2)c(C)c1. The molecule has 6 heteroatoms. The molecule has 1 heterocycles. The van der Waals surface area contributed by atoms with Gasteiger partial charge < -0.3 is 15.5 Å². The number of hydrogen-bond donors (Lipinski definition) is 2. The highest BCUT2D eigenvalue weighted by Crippen LogP contribution is 2.22. The first kappa shape index (κ1) is 18.4. The van der Waals surface area contributed by atoms with E-state index in [4.69, 9.17) is 0 Å². The van der Waals surface area contributed by atoms with Gasteiger partial charge in [-0.05, 0) is 56.2 Å². The molecular weight excluding hydrogens is 316 g/mol. The quantitative estimate of drug-likeness (QED) is 0.792. The Hall–Kier alpha value is -2.89. The predicted octanol–water partition coefficient (Wildman–Crippen LogP) is 2.49. The average molecular weight is 340 g/mol. The molecule has 6 nitrogen and oxygen atoms in total. The second kappa shape index (κ2) is 8.82. The summed E-state index contributed by atoms with van der Waals surface area (Å²) < 4.78 is 0. The number of hydrogen-bond acceptors (Lipinski definition) is 4. The Kier molecular flexibility index (Phi) is 6.51. The highest BCUT2D eigenvalue weighted by atomic mass is 16.2. The molecule has 0 radical (unpaired) electrons. The zero-order chi connectivity index (χ0) is 18.2. The summed E-state index contributed by atoms with van der Waals surface area (Å²) in [5, 5.41) is 5.25. The smallest absolute Gasteiger partial charge is 0.313 e. The minimum atomic E-state index is -0.678. The minimum Gasteiger partial charge on any atom is -0.372 e. The van der Waals surface area contributed by atoms with Crippen molar-refractivity contribution in [2.75, 3.05) is 23.3 Å². The monoisotopic (exact) mass is 340 g/mol. The largest absolute Gasteiger partial charge is 0.372 e. The Morgan fingerprint density at radius 1 is 1.12 bits per heavy atom. The van der Waals surface area contributed by atoms with Crippen LogP contribution in [0.25, 0.3) is 0 Å². The first-order chi connectivity index (χ1) is 12.0. The number of nitrogens with one attached hydrogen (secondary N) is 2. The van der Waals surface area contributed by atoms with Crippen molar-refractivity contribution in [3.05, 3.63) is 53.9 Å². The Morgan fingerprint density at radius 3 is 2.48 bits per heavy atom. The molecule has 25 heavy (non-hydrogen) atoms. The van der Waals surface area contributed by atoms with Crippen LogP contribution in [0, 0.1) is 6.92 Å². The van der Waals surface area contributed by atoms with E-state index in [1.807, 2.05) is 31.2 Å². The summed E-state index contributed by atoms with van der Waals surface area (Å²) in [7, 11) is 0. The molecular formula is C19H24N4O2. The van der Waals surface area contributed by atoms with Crippen molar-refractivity contribution >= 4 is 23.2 Å². The normalized spacial score (nSPS) is 10.2. The zero-order valence-corrected chi connectivity index (χ0v) is 14.9. The van der Waals surface area contributed by atoms with Gasteiger partial charge in [-0.2, -0.15) is 0 Å². The average Bonchev–Trinajstić information content (AvgIpc) is 2.63. The van der Waals surface area contributed by atoms with Crippen LogP contribution in [0.2, 0.25) is 0 Å². The third-order valence-electron chi connectivity index (χ3n) is 3.97. The molecule has 2 aromatic rings. The molecule has 0 saturated carbocycles. The molecule has 0 aliphatic heterocycles. The molecule has 0 unspecified atom stereocenters. The molecule has 0 spiro atoms. The van der Waals surface area contributed by atoms with Gasteiger partial charge in [0.1, 0.15) is 0 Å². The highest BCUT2D eigenvalue weighted by Gasteiger charge is 2.15. The van der Waals surface area contributed by atoms with Crippen LogP contribution >= 0.6 is 0 Å². The van der Waals surface area contributed by atoms with Crippen LogP contribution in [0.4, 0.5) is 11.4 Å². The van der Waals surface area contributed by atoms with E-state index < -0.39 is 11.8 Å². The maximum Gasteiger partial charge on any atom is 0.313 e. The maximum absolute atomic E-state index is 12.1. The van der Waals surface area contributed by atoms with E-state index in [-0.39, 0.29) is 6.54 Å². The first-order valence-electron chi connectivity index (χ1n) is 8.38. The maximum atomic E-state index is 12.1. The van der Waals surface area contributed by atoms with E-state index in [0.717, 1.165) is 29.9 Å². The number of amides is 2. The minimum absolute atomic E-state index is 0.264. The van der Waals surface area contributed by atoms with Crippen LogP contribution in [0.3, 0.4) is 0 Å². The number of rotatable bonds is 6. The Labute approximate surface area is 148 Å². The summed E-state index contributed by atoms with van der Waals surface area (Å²) in [6.07, 6.45) is 3.30. The molecule has 132 valence electrons. The van der Waals surface area contributed by atoms with E-state index in [2.05, 4.69) is 34.4 Å². The van der Waals surface area contributed by atoms with Crippen molar-refractivity contribution < 1.29 is 9.59 Å². The number of aromatic nitrogens is 1. The molecule has 0 atom stereocenters. The standard InChI is InChI=1S/C19H24N4O2/c1-4-23(5-2)16-8-9-17(14(3)11-16)22-19(25)18(24)21-13-15-7-6-10-20-12-15/h6-12H,4-5,13H2,1-3H3,(H,21,24)(H,22,25). The molecule has 1 aromatic carbocycles. The number of carbonyl (C=O) groups excluding carboxylic acids is 2. The van der Waals surface area contributed by atoms with Gasteiger partial charge in [-0.1, -0.05) is 6.07 Å². The third-order valence-corrected chi connectivity index (χ3v) is 3.97. The third kappa shape index (κ3) is 5.04. The summed E-state index contributed by atoms with van der Waals surface area (Å²) in [6.45, 7) is 8.20. The molecule has 0 fully saturated rings. The van der Waals surface area contributed by atoms with Gasteiger partial charge >= 0.3 is 11.8 Å². The molecule has 2 N–H and O–H groups in total. The Balaban J connectivity index is 1.96. The number of anilines is 2. The Morgan fingerprint density at radius 2 is 1.88 bits per heavy atom. The summed E-state index contributed by atoms with van der Waals surface area (Å²) >= 11 is 0. The first-order valence-corrected chi connectivity index (χ1v) is 8.38. The molecule has 0 saturated heterocycles. The lowest BCUT2D eigenvalue weighted by atomic mass is 10.1. The number of nitrogens with zero attached hydrogens (tertiary/aromatic N) is 2. The molecule has 0 bridgehead atoms. The second-order valence-electron chi connectivity index (χ2n) is 5.67. The number of pyridine rings is 1. The number of aryl methyl sites for hydroxylation is 1. The fourth-order valence-corrected chi connectivity index (χ4v) is 2.52. The topological polar surface area (TPSA) is 74.3 Å². The summed E-state index contributed by atoms with van der Waals surface area (Å²) in [5.41, 5.74) is 3.49. The van der Waals surface area contributed by atoms with Gasteiger partial charge in [0.25, 0.3) is 0 Å². The van der Waals surface area contributed by atoms with Crippen molar-refractivity contribution in [3.8, 4) is 0 Å². The van der Waals surface area contributed by atoms with E-state index in [0.29, 0.717) is 5.69 Å². The molecule has 0 aliphatic carbocycles. The van der Waals surface area contributed by atoms with Gasteiger partial charge in [-0.15, -0.1) is 0 Å². The lowest BCUT2D eigenvalue weighted by Gasteiger charge is -2.22. The predicted molar refractivity (Wildman–Crippen MR) is 99.5 cm³/mol. The molecule has 2 rings (SSSR count). The van der Waals surface area contributed by atoms with Crippen LogP contribution in [-0.2, 0) is 16.1 Å². The molecule has 0 aliphatic rings. The fourth-order valence-electron chi connectivity index (χ4n) is 2.52. The highest BCUT2D eigenvalue weighted by molar-refractivity contribution is 6.39. The van der Waals surface area contributed by atoms with Crippen LogP contribution in [0.1, 0.15) is 25.0 Å². The van der Waals surface area contributed by atoms with Crippen molar-refractivity contribution in [1.82, 2.24) is 10.3 Å². The lowest BCUT2D eigenvalue weighted by Crippen LogP contribution is -2.35. The van der Waals surface area contributed by atoms with Crippen molar-refractivity contribution in [3.63, 3.8) is 0 Å². The summed E-state index contributed by atoms with van der Waals surface area (Å²) in [5.74, 6) is -1.35. The zero-order valence-electron chi connectivity index (χ0n) is 14.9. The van der Waals surface area contributed by atoms with Crippen LogP contribution in [-0.4, -0.2) is 29.9 Å². The van der Waals surface area contributed by atoms with Crippen molar-refractivity contribution in [1.29, 1.82) is 0 Å². The van der Waals surface area contributed by atoms with Crippen LogP contribution in [0.5, 0.6) is 0 Å². The lowest BCUT2D eigenvalue weighted by molar-refractivity contribution is -0.136. The van der Waals surface area contributed by atoms with E-state index in [9.17, 15) is 9.59 Å². The van der Waals surface area contributed by atoms with Crippen LogP contribution < -0.4 is 15.5 Å². The second-order valence-corrected chi connectivity index (χ2v) is 5.67. The molecule has 2 amide bonds. The fraction of sp³-hybridized carbons (Fsp3) is 0.316. The number of benzene rings is 1. The van der Waals surface area contributed by atoms with Gasteiger partial charge in [-0.3, -0.25) is 14.6 Å². The van der Waals surface area contributed by atoms with Gasteiger partial charge in [-0.25, -0.2) is 0 Å². The summed E-state index contributed by atoms with van der Waals surface area (Å²) in [4.78, 5) is 30.2. The summed E-state index contributed by atoms with van der Waals surface area (Å²) in [6, 6.07) is 9.40. The van der Waals surface area contributed by atoms with E-state index in [1.165, 1.54) is 0 Å². The van der Waals surface area contributed by atoms with Gasteiger partial charge in [0.15, 0.2) is 0 Å². The molecule has 1 aromatic heterocycles. The van der Waals surface area contributed by atoms with E-state index in [1.54, 1.807) is 18.5 Å². The van der Waals surface area contributed by atoms with Gasteiger partial charge in [0, 0.05) is 43.4 Å². The van der Waals surface area contributed by atoms with Gasteiger partial charge in [0.2, 0.25) is 0 Å². The van der Waals surface area contributed by atoms with Crippen molar-refractivity contribution in [2.45, 2.75) is 27.3 Å². The van der Waals surface area contributed by atoms with Crippen LogP contribution in [0.15, 0.2) is 42.7 Å². The Bertz CT molecular complexity index is 727.